The third-order valence-electron chi connectivity index (χ3n) is 2.69. The number of hydrogen-bond donors (Lipinski definition) is 0. The van der Waals surface area contributed by atoms with Crippen LogP contribution in [0.2, 0.25) is 0 Å². The van der Waals surface area contributed by atoms with E-state index in [0.717, 1.165) is 0 Å². The maximum atomic E-state index is 13.2. The summed E-state index contributed by atoms with van der Waals surface area (Å²) in [5.74, 6) is -0.152. The summed E-state index contributed by atoms with van der Waals surface area (Å²) in [6.07, 6.45) is 0.0743. The fraction of sp³-hybridized carbons (Fsp3) is 0.462. The first kappa shape index (κ1) is 11.9. The predicted octanol–water partition coefficient (Wildman–Crippen LogP) is 2.99. The number of carbonyl (C=O) groups excluding carboxylic acids is 1. The van der Waals surface area contributed by atoms with Crippen LogP contribution in [0, 0.1) is 5.82 Å². The molecule has 0 amide bonds. The highest BCUT2D eigenvalue weighted by atomic mass is 19.1. The van der Waals surface area contributed by atoms with Crippen LogP contribution in [0.5, 0.6) is 5.75 Å². The molecule has 17 heavy (non-hydrogen) atoms. The molecule has 0 saturated heterocycles. The Bertz CT molecular complexity index is 454. The van der Waals surface area contributed by atoms with Crippen molar-refractivity contribution in [1.29, 1.82) is 0 Å². The van der Waals surface area contributed by atoms with Crippen LogP contribution < -0.4 is 4.74 Å². The third kappa shape index (κ3) is 2.57. The van der Waals surface area contributed by atoms with Gasteiger partial charge in [-0.2, -0.15) is 0 Å². The number of hydrogen-bond acceptors (Lipinski definition) is 3. The van der Waals surface area contributed by atoms with E-state index in [1.54, 1.807) is 6.07 Å². The molecular formula is C13H15FO3. The van der Waals surface area contributed by atoms with Crippen LogP contribution in [-0.4, -0.2) is 11.6 Å². The van der Waals surface area contributed by atoms with Crippen molar-refractivity contribution < 1.29 is 18.7 Å². The maximum absolute atomic E-state index is 13.2. The number of halogens is 1. The molecule has 3 nitrogen and oxygen atoms in total. The Labute approximate surface area is 99.5 Å². The minimum Gasteiger partial charge on any atom is -0.487 e. The normalized spacial score (nSPS) is 21.3. The average Bonchev–Trinajstić information content (AvgIpc) is 2.17. The molecule has 0 saturated carbocycles. The standard InChI is InChI=1S/C13H15FO3/c1-8(15)16-12-7-13(2,3)17-11-5-4-9(14)6-10(11)12/h4-6,12H,7H2,1-3H3. The van der Waals surface area contributed by atoms with Crippen molar-refractivity contribution in [3.8, 4) is 5.75 Å². The molecule has 0 aliphatic carbocycles. The number of rotatable bonds is 1. The molecule has 1 aromatic carbocycles. The van der Waals surface area contributed by atoms with E-state index in [1.807, 2.05) is 13.8 Å². The lowest BCUT2D eigenvalue weighted by molar-refractivity contribution is -0.150. The molecule has 0 radical (unpaired) electrons. The van der Waals surface area contributed by atoms with E-state index in [9.17, 15) is 9.18 Å². The van der Waals surface area contributed by atoms with E-state index >= 15 is 0 Å². The largest absolute Gasteiger partial charge is 0.487 e. The number of fused-ring (bicyclic) bond motifs is 1. The van der Waals surface area contributed by atoms with Gasteiger partial charge in [0.1, 0.15) is 23.3 Å². The van der Waals surface area contributed by atoms with Gasteiger partial charge in [-0.25, -0.2) is 4.39 Å². The van der Waals surface area contributed by atoms with Crippen molar-refractivity contribution in [2.75, 3.05) is 0 Å². The highest BCUT2D eigenvalue weighted by molar-refractivity contribution is 5.66. The first-order valence-corrected chi connectivity index (χ1v) is 5.53. The van der Waals surface area contributed by atoms with Crippen LogP contribution in [0.25, 0.3) is 0 Å². The Balaban J connectivity index is 2.40. The smallest absolute Gasteiger partial charge is 0.303 e. The van der Waals surface area contributed by atoms with E-state index < -0.39 is 11.7 Å². The van der Waals surface area contributed by atoms with Crippen molar-refractivity contribution in [3.05, 3.63) is 29.6 Å². The summed E-state index contributed by atoms with van der Waals surface area (Å²) < 4.78 is 24.2. The summed E-state index contributed by atoms with van der Waals surface area (Å²) in [6.45, 7) is 5.17. The minimum atomic E-state index is -0.443. The van der Waals surface area contributed by atoms with Gasteiger partial charge < -0.3 is 9.47 Å². The predicted molar refractivity (Wildman–Crippen MR) is 60.2 cm³/mol. The molecule has 1 aliphatic rings. The fourth-order valence-corrected chi connectivity index (χ4v) is 2.07. The quantitative estimate of drug-likeness (QED) is 0.705. The van der Waals surface area contributed by atoms with Gasteiger partial charge in [-0.15, -0.1) is 0 Å². The molecular weight excluding hydrogens is 223 g/mol. The lowest BCUT2D eigenvalue weighted by Crippen LogP contribution is -2.36. The van der Waals surface area contributed by atoms with Gasteiger partial charge in [0.15, 0.2) is 0 Å². The zero-order chi connectivity index (χ0) is 12.6. The topological polar surface area (TPSA) is 35.5 Å². The highest BCUT2D eigenvalue weighted by Gasteiger charge is 2.35. The number of ether oxygens (including phenoxy) is 2. The third-order valence-corrected chi connectivity index (χ3v) is 2.69. The first-order chi connectivity index (χ1) is 7.87. The Morgan fingerprint density at radius 3 is 2.88 bits per heavy atom. The summed E-state index contributed by atoms with van der Waals surface area (Å²) in [5.41, 5.74) is 0.171. The minimum absolute atomic E-state index is 0.357. The molecule has 1 aliphatic heterocycles. The second-order valence-corrected chi connectivity index (χ2v) is 4.85. The average molecular weight is 238 g/mol. The lowest BCUT2D eigenvalue weighted by Gasteiger charge is -2.36. The highest BCUT2D eigenvalue weighted by Crippen LogP contribution is 2.41. The van der Waals surface area contributed by atoms with Gasteiger partial charge in [-0.05, 0) is 32.0 Å². The molecule has 0 spiro atoms. The first-order valence-electron chi connectivity index (χ1n) is 5.53. The van der Waals surface area contributed by atoms with E-state index in [1.165, 1.54) is 19.1 Å². The molecule has 1 heterocycles. The van der Waals surface area contributed by atoms with Crippen LogP contribution in [-0.2, 0) is 9.53 Å². The molecule has 4 heteroatoms. The molecule has 92 valence electrons. The van der Waals surface area contributed by atoms with Crippen LogP contribution in [0.1, 0.15) is 38.9 Å². The molecule has 1 atom stereocenters. The fourth-order valence-electron chi connectivity index (χ4n) is 2.07. The molecule has 0 bridgehead atoms. The number of esters is 1. The van der Waals surface area contributed by atoms with Crippen molar-refractivity contribution >= 4 is 5.97 Å². The van der Waals surface area contributed by atoms with E-state index in [4.69, 9.17) is 9.47 Å². The van der Waals surface area contributed by atoms with Gasteiger partial charge in [0.2, 0.25) is 0 Å². The summed E-state index contributed by atoms with van der Waals surface area (Å²) in [7, 11) is 0. The van der Waals surface area contributed by atoms with E-state index in [0.29, 0.717) is 17.7 Å². The maximum Gasteiger partial charge on any atom is 0.303 e. The van der Waals surface area contributed by atoms with Crippen LogP contribution in [0.15, 0.2) is 18.2 Å². The van der Waals surface area contributed by atoms with Gasteiger partial charge in [0, 0.05) is 18.9 Å². The molecule has 1 aromatic rings. The second-order valence-electron chi connectivity index (χ2n) is 4.85. The Kier molecular flexibility index (Phi) is 2.81. The zero-order valence-corrected chi connectivity index (χ0v) is 10.1. The van der Waals surface area contributed by atoms with Crippen molar-refractivity contribution in [3.63, 3.8) is 0 Å². The van der Waals surface area contributed by atoms with Gasteiger partial charge in [-0.3, -0.25) is 4.79 Å². The Morgan fingerprint density at radius 2 is 2.24 bits per heavy atom. The molecule has 1 unspecified atom stereocenters. The number of carbonyl (C=O) groups is 1. The summed E-state index contributed by atoms with van der Waals surface area (Å²) in [5, 5.41) is 0. The van der Waals surface area contributed by atoms with Crippen LogP contribution in [0.4, 0.5) is 4.39 Å². The Hall–Kier alpha value is -1.58. The molecule has 0 aromatic heterocycles. The second kappa shape index (κ2) is 4.02. The summed E-state index contributed by atoms with van der Waals surface area (Å²) in [4.78, 5) is 11.1. The summed E-state index contributed by atoms with van der Waals surface area (Å²) in [6, 6.07) is 4.27. The molecule has 2 rings (SSSR count). The van der Waals surface area contributed by atoms with Crippen molar-refractivity contribution in [2.24, 2.45) is 0 Å². The van der Waals surface area contributed by atoms with Crippen LogP contribution >= 0.6 is 0 Å². The van der Waals surface area contributed by atoms with Gasteiger partial charge in [-0.1, -0.05) is 0 Å². The van der Waals surface area contributed by atoms with Crippen LogP contribution in [0.3, 0.4) is 0 Å². The zero-order valence-electron chi connectivity index (χ0n) is 10.1. The molecule has 0 fully saturated rings. The van der Waals surface area contributed by atoms with E-state index in [-0.39, 0.29) is 11.8 Å². The van der Waals surface area contributed by atoms with Crippen molar-refractivity contribution in [1.82, 2.24) is 0 Å². The molecule has 0 N–H and O–H groups in total. The van der Waals surface area contributed by atoms with Crippen molar-refractivity contribution in [2.45, 2.75) is 38.9 Å². The number of benzene rings is 1. The SMILES string of the molecule is CC(=O)OC1CC(C)(C)Oc2ccc(F)cc21. The monoisotopic (exact) mass is 238 g/mol. The van der Waals surface area contributed by atoms with Gasteiger partial charge in [0.25, 0.3) is 0 Å². The van der Waals surface area contributed by atoms with Gasteiger partial charge in [0.05, 0.1) is 0 Å². The summed E-state index contributed by atoms with van der Waals surface area (Å²) >= 11 is 0. The Morgan fingerprint density at radius 1 is 1.53 bits per heavy atom. The van der Waals surface area contributed by atoms with Gasteiger partial charge >= 0.3 is 5.97 Å². The van der Waals surface area contributed by atoms with E-state index in [2.05, 4.69) is 0 Å². The lowest BCUT2D eigenvalue weighted by atomic mass is 9.91.